The van der Waals surface area contributed by atoms with Crippen molar-refractivity contribution in [1.82, 2.24) is 15.0 Å². The molecule has 27 heavy (non-hydrogen) atoms. The van der Waals surface area contributed by atoms with E-state index in [0.717, 1.165) is 5.69 Å². The Bertz CT molecular complexity index is 963. The lowest BCUT2D eigenvalue weighted by molar-refractivity contribution is -0.253. The number of halogens is 4. The van der Waals surface area contributed by atoms with Crippen molar-refractivity contribution < 1.29 is 22.3 Å². The van der Waals surface area contributed by atoms with E-state index in [-0.39, 0.29) is 11.3 Å². The van der Waals surface area contributed by atoms with E-state index in [9.17, 15) is 17.6 Å². The minimum Gasteiger partial charge on any atom is -0.428 e. The average molecular weight is 377 g/mol. The van der Waals surface area contributed by atoms with E-state index in [2.05, 4.69) is 19.7 Å². The monoisotopic (exact) mass is 377 g/mol. The summed E-state index contributed by atoms with van der Waals surface area (Å²) in [4.78, 5) is 13.0. The van der Waals surface area contributed by atoms with Crippen LogP contribution in [-0.4, -0.2) is 27.5 Å². The van der Waals surface area contributed by atoms with E-state index in [1.807, 2.05) is 6.92 Å². The third-order valence-corrected chi connectivity index (χ3v) is 3.74. The highest BCUT2D eigenvalue weighted by molar-refractivity contribution is 5.65. The van der Waals surface area contributed by atoms with Crippen LogP contribution < -0.4 is 4.74 Å². The molecule has 3 rings (SSSR count). The summed E-state index contributed by atoms with van der Waals surface area (Å²) in [5.41, 5.74) is 2.82. The molecule has 0 aliphatic heterocycles. The van der Waals surface area contributed by atoms with Crippen molar-refractivity contribution in [2.45, 2.75) is 26.4 Å². The van der Waals surface area contributed by atoms with E-state index >= 15 is 0 Å². The predicted octanol–water partition coefficient (Wildman–Crippen LogP) is 5.06. The van der Waals surface area contributed by atoms with Crippen molar-refractivity contribution in [3.05, 3.63) is 59.9 Å². The van der Waals surface area contributed by atoms with Gasteiger partial charge in [0.15, 0.2) is 5.82 Å². The Balaban J connectivity index is 1.91. The number of ether oxygens (including phenoxy) is 1. The first-order valence-electron chi connectivity index (χ1n) is 7.99. The molecule has 8 heteroatoms. The van der Waals surface area contributed by atoms with Gasteiger partial charge in [0.25, 0.3) is 0 Å². The third kappa shape index (κ3) is 4.21. The topological polar surface area (TPSA) is 47.9 Å². The highest BCUT2D eigenvalue weighted by Crippen LogP contribution is 2.32. The van der Waals surface area contributed by atoms with Gasteiger partial charge in [-0.3, -0.25) is 0 Å². The highest BCUT2D eigenvalue weighted by Gasteiger charge is 2.44. The number of hydrogen-bond acceptors (Lipinski definition) is 4. The number of hydrogen-bond donors (Lipinski definition) is 0. The van der Waals surface area contributed by atoms with Crippen LogP contribution in [0.5, 0.6) is 5.75 Å². The molecule has 0 amide bonds. The number of benzene rings is 1. The van der Waals surface area contributed by atoms with Gasteiger partial charge in [-0.15, -0.1) is 0 Å². The molecule has 1 aromatic carbocycles. The summed E-state index contributed by atoms with van der Waals surface area (Å²) in [6.07, 6.45) is -6.83. The smallest absolute Gasteiger partial charge is 0.428 e. The number of nitrogens with zero attached hydrogens (tertiary/aromatic N) is 3. The molecule has 0 aliphatic rings. The molecule has 0 saturated heterocycles. The highest BCUT2D eigenvalue weighted by atomic mass is 19.3. The van der Waals surface area contributed by atoms with E-state index in [4.69, 9.17) is 0 Å². The number of pyridine rings is 1. The summed E-state index contributed by atoms with van der Waals surface area (Å²) >= 11 is 0. The fraction of sp³-hybridized carbons (Fsp3) is 0.211. The molecule has 140 valence electrons. The minimum absolute atomic E-state index is 0.284. The zero-order valence-electron chi connectivity index (χ0n) is 14.5. The van der Waals surface area contributed by atoms with Crippen LogP contribution in [0.25, 0.3) is 22.8 Å². The summed E-state index contributed by atoms with van der Waals surface area (Å²) in [6, 6.07) is 11.3. The maximum atomic E-state index is 13.1. The van der Waals surface area contributed by atoms with Crippen molar-refractivity contribution >= 4 is 0 Å². The number of aromatic nitrogens is 3. The first-order chi connectivity index (χ1) is 12.8. The lowest BCUT2D eigenvalue weighted by atomic mass is 10.1. The second-order valence-electron chi connectivity index (χ2n) is 5.87. The summed E-state index contributed by atoms with van der Waals surface area (Å²) in [7, 11) is 0. The molecule has 0 spiro atoms. The molecule has 0 fully saturated rings. The Kier molecular flexibility index (Phi) is 5.07. The van der Waals surface area contributed by atoms with Gasteiger partial charge in [-0.2, -0.15) is 17.6 Å². The first kappa shape index (κ1) is 18.8. The first-order valence-corrected chi connectivity index (χ1v) is 7.99. The minimum atomic E-state index is -4.55. The second kappa shape index (κ2) is 7.30. The van der Waals surface area contributed by atoms with Crippen LogP contribution in [0.3, 0.4) is 0 Å². The van der Waals surface area contributed by atoms with Crippen LogP contribution in [0.4, 0.5) is 17.6 Å². The van der Waals surface area contributed by atoms with E-state index in [0.29, 0.717) is 22.8 Å². The zero-order valence-corrected chi connectivity index (χ0v) is 14.5. The van der Waals surface area contributed by atoms with Gasteiger partial charge in [-0.05, 0) is 55.8 Å². The fourth-order valence-corrected chi connectivity index (χ4v) is 2.41. The van der Waals surface area contributed by atoms with Crippen LogP contribution >= 0.6 is 0 Å². The third-order valence-electron chi connectivity index (χ3n) is 3.74. The molecule has 0 saturated carbocycles. The van der Waals surface area contributed by atoms with E-state index in [1.165, 1.54) is 19.1 Å². The molecule has 2 heterocycles. The maximum absolute atomic E-state index is 13.1. The van der Waals surface area contributed by atoms with Crippen LogP contribution in [-0.2, 0) is 0 Å². The predicted molar refractivity (Wildman–Crippen MR) is 91.8 cm³/mol. The number of aryl methyl sites for hydroxylation is 2. The number of rotatable bonds is 5. The maximum Gasteiger partial charge on any atom is 0.461 e. The fourth-order valence-electron chi connectivity index (χ4n) is 2.41. The molecule has 0 N–H and O–H groups in total. The zero-order chi connectivity index (χ0) is 19.6. The summed E-state index contributed by atoms with van der Waals surface area (Å²) < 4.78 is 55.0. The van der Waals surface area contributed by atoms with Gasteiger partial charge in [0.2, 0.25) is 0 Å². The van der Waals surface area contributed by atoms with Crippen molar-refractivity contribution in [3.63, 3.8) is 0 Å². The molecular formula is C19H15F4N3O. The molecule has 0 unspecified atom stereocenters. The molecule has 0 aliphatic carbocycles. The summed E-state index contributed by atoms with van der Waals surface area (Å²) in [5, 5.41) is 0. The van der Waals surface area contributed by atoms with Gasteiger partial charge in [-0.25, -0.2) is 15.0 Å². The normalized spacial score (nSPS) is 11.7. The van der Waals surface area contributed by atoms with E-state index in [1.54, 1.807) is 36.5 Å². The van der Waals surface area contributed by atoms with Crippen molar-refractivity contribution in [2.75, 3.05) is 0 Å². The quantitative estimate of drug-likeness (QED) is 0.583. The molecule has 2 aromatic heterocycles. The molecule has 0 atom stereocenters. The Morgan fingerprint density at radius 1 is 0.963 bits per heavy atom. The SMILES string of the molecule is Cc1ccnc(-c2cccc(-c3ccc(OC(F)(F)C(F)F)c(C)c3)n2)n1. The van der Waals surface area contributed by atoms with Gasteiger partial charge in [0.1, 0.15) is 11.4 Å². The van der Waals surface area contributed by atoms with E-state index < -0.39 is 12.5 Å². The Labute approximate surface area is 152 Å². The molecule has 4 nitrogen and oxygen atoms in total. The molecule has 3 aromatic rings. The Morgan fingerprint density at radius 2 is 1.70 bits per heavy atom. The lowest BCUT2D eigenvalue weighted by Gasteiger charge is -2.18. The van der Waals surface area contributed by atoms with Crippen molar-refractivity contribution in [2.24, 2.45) is 0 Å². The van der Waals surface area contributed by atoms with Crippen LogP contribution in [0.1, 0.15) is 11.3 Å². The number of alkyl halides is 4. The second-order valence-corrected chi connectivity index (χ2v) is 5.87. The van der Waals surface area contributed by atoms with Gasteiger partial charge in [0, 0.05) is 17.5 Å². The van der Waals surface area contributed by atoms with Gasteiger partial charge >= 0.3 is 12.5 Å². The van der Waals surface area contributed by atoms with Gasteiger partial charge in [-0.1, -0.05) is 6.07 Å². The largest absolute Gasteiger partial charge is 0.461 e. The van der Waals surface area contributed by atoms with Crippen LogP contribution in [0.15, 0.2) is 48.7 Å². The van der Waals surface area contributed by atoms with Crippen LogP contribution in [0.2, 0.25) is 0 Å². The Morgan fingerprint density at radius 3 is 2.37 bits per heavy atom. The van der Waals surface area contributed by atoms with Gasteiger partial charge < -0.3 is 4.74 Å². The Hall–Kier alpha value is -3.03. The molecule has 0 bridgehead atoms. The van der Waals surface area contributed by atoms with Crippen molar-refractivity contribution in [1.29, 1.82) is 0 Å². The lowest BCUT2D eigenvalue weighted by Crippen LogP contribution is -2.33. The van der Waals surface area contributed by atoms with Gasteiger partial charge in [0.05, 0.1) is 5.69 Å². The van der Waals surface area contributed by atoms with Crippen LogP contribution in [0, 0.1) is 13.8 Å². The average Bonchev–Trinajstić information content (AvgIpc) is 2.63. The summed E-state index contributed by atoms with van der Waals surface area (Å²) in [6.45, 7) is 3.33. The standard InChI is InChI=1S/C19H15F4N3O/c1-11-10-13(6-7-16(11)27-19(22,23)18(20)21)14-4-3-5-15(26-14)17-24-9-8-12(2)25-17/h3-10,18H,1-2H3. The molecule has 0 radical (unpaired) electrons. The molecular weight excluding hydrogens is 362 g/mol. The summed E-state index contributed by atoms with van der Waals surface area (Å²) in [5.74, 6) is 0.146. The van der Waals surface area contributed by atoms with Crippen molar-refractivity contribution in [3.8, 4) is 28.5 Å².